The first kappa shape index (κ1) is 14.7. The Morgan fingerprint density at radius 1 is 1.18 bits per heavy atom. The van der Waals surface area contributed by atoms with Crippen molar-refractivity contribution in [1.82, 2.24) is 10.2 Å². The Labute approximate surface area is 114 Å². The van der Waals surface area contributed by atoms with Crippen LogP contribution in [0.3, 0.4) is 0 Å². The summed E-state index contributed by atoms with van der Waals surface area (Å²) in [5, 5.41) is 3.18. The van der Waals surface area contributed by atoms with Gasteiger partial charge >= 0.3 is 0 Å². The van der Waals surface area contributed by atoms with Crippen LogP contribution in [0.5, 0.6) is 0 Å². The van der Waals surface area contributed by atoms with Gasteiger partial charge in [0, 0.05) is 11.0 Å². The van der Waals surface area contributed by atoms with Crippen LogP contribution in [0.4, 0.5) is 0 Å². The summed E-state index contributed by atoms with van der Waals surface area (Å²) in [5.41, 5.74) is 1.40. The first-order chi connectivity index (χ1) is 8.24. The number of hydrogen-bond acceptors (Lipinski definition) is 2. The molecule has 0 aromatic heterocycles. The monoisotopic (exact) mass is 298 g/mol. The maximum atomic E-state index is 3.59. The highest BCUT2D eigenvalue weighted by molar-refractivity contribution is 9.10. The van der Waals surface area contributed by atoms with Crippen LogP contribution < -0.4 is 5.32 Å². The first-order valence-corrected chi connectivity index (χ1v) is 7.10. The fraction of sp³-hybridized carbons (Fsp3) is 0.571. The zero-order chi connectivity index (χ0) is 12.5. The van der Waals surface area contributed by atoms with Gasteiger partial charge in [0.2, 0.25) is 0 Å². The molecule has 1 aromatic rings. The van der Waals surface area contributed by atoms with Gasteiger partial charge in [-0.05, 0) is 58.1 Å². The highest BCUT2D eigenvalue weighted by Gasteiger charge is 2.01. The lowest BCUT2D eigenvalue weighted by atomic mass is 10.1. The third-order valence-electron chi connectivity index (χ3n) is 2.94. The van der Waals surface area contributed by atoms with Gasteiger partial charge in [-0.3, -0.25) is 0 Å². The van der Waals surface area contributed by atoms with Crippen LogP contribution in [0.1, 0.15) is 18.4 Å². The van der Waals surface area contributed by atoms with Gasteiger partial charge in [-0.1, -0.05) is 34.1 Å². The Morgan fingerprint density at radius 3 is 2.65 bits per heavy atom. The number of likely N-dealkylation sites (N-methyl/N-ethyl adjacent to an activating group) is 1. The Balaban J connectivity index is 2.19. The van der Waals surface area contributed by atoms with Crippen molar-refractivity contribution in [1.29, 1.82) is 0 Å². The van der Waals surface area contributed by atoms with Crippen LogP contribution in [0.25, 0.3) is 0 Å². The van der Waals surface area contributed by atoms with E-state index in [0.717, 1.165) is 19.5 Å². The van der Waals surface area contributed by atoms with Crippen molar-refractivity contribution in [2.75, 3.05) is 33.7 Å². The van der Waals surface area contributed by atoms with Gasteiger partial charge in [-0.2, -0.15) is 0 Å². The highest BCUT2D eigenvalue weighted by Crippen LogP contribution is 2.16. The van der Waals surface area contributed by atoms with E-state index in [0.29, 0.717) is 0 Å². The Kier molecular flexibility index (Phi) is 7.49. The average Bonchev–Trinajstić information content (AvgIpc) is 2.34. The number of nitrogens with one attached hydrogen (secondary N) is 1. The molecule has 0 atom stereocenters. The lowest BCUT2D eigenvalue weighted by molar-refractivity contribution is 0.329. The van der Waals surface area contributed by atoms with Gasteiger partial charge < -0.3 is 10.2 Å². The largest absolute Gasteiger partial charge is 0.320 e. The van der Waals surface area contributed by atoms with Crippen molar-refractivity contribution in [3.63, 3.8) is 0 Å². The second-order valence-electron chi connectivity index (χ2n) is 4.46. The summed E-state index contributed by atoms with van der Waals surface area (Å²) < 4.78 is 1.23. The molecule has 0 unspecified atom stereocenters. The molecule has 1 rings (SSSR count). The minimum atomic E-state index is 1.12. The molecule has 0 saturated carbocycles. The fourth-order valence-electron chi connectivity index (χ4n) is 1.81. The molecule has 0 saturated heterocycles. The lowest BCUT2D eigenvalue weighted by Gasteiger charge is -2.16. The standard InChI is InChI=1S/C14H23BrN2/c1-16-10-5-6-11-17(2)12-9-13-7-3-4-8-14(13)15/h3-4,7-8,16H,5-6,9-12H2,1-2H3. The number of halogens is 1. The summed E-state index contributed by atoms with van der Waals surface area (Å²) in [6, 6.07) is 8.48. The maximum absolute atomic E-state index is 3.59. The third-order valence-corrected chi connectivity index (χ3v) is 3.71. The number of unbranched alkanes of at least 4 members (excludes halogenated alkanes) is 1. The number of hydrogen-bond donors (Lipinski definition) is 1. The van der Waals surface area contributed by atoms with Gasteiger partial charge in [-0.25, -0.2) is 0 Å². The van der Waals surface area contributed by atoms with Gasteiger partial charge in [0.1, 0.15) is 0 Å². The molecule has 0 aliphatic carbocycles. The number of rotatable bonds is 8. The molecule has 0 bridgehead atoms. The van der Waals surface area contributed by atoms with Crippen LogP contribution in [0, 0.1) is 0 Å². The molecule has 1 N–H and O–H groups in total. The predicted octanol–water partition coefficient (Wildman–Crippen LogP) is 2.92. The minimum Gasteiger partial charge on any atom is -0.320 e. The summed E-state index contributed by atoms with van der Waals surface area (Å²) in [5.74, 6) is 0. The Bertz CT molecular complexity index is 315. The van der Waals surface area contributed by atoms with Crippen LogP contribution >= 0.6 is 15.9 Å². The summed E-state index contributed by atoms with van der Waals surface area (Å²) >= 11 is 3.59. The highest BCUT2D eigenvalue weighted by atomic mass is 79.9. The summed E-state index contributed by atoms with van der Waals surface area (Å²) in [6.45, 7) is 3.44. The SMILES string of the molecule is CNCCCCN(C)CCc1ccccc1Br. The van der Waals surface area contributed by atoms with Gasteiger partial charge in [0.05, 0.1) is 0 Å². The van der Waals surface area contributed by atoms with Gasteiger partial charge in [0.25, 0.3) is 0 Å². The van der Waals surface area contributed by atoms with E-state index in [-0.39, 0.29) is 0 Å². The van der Waals surface area contributed by atoms with E-state index in [1.54, 1.807) is 0 Å². The molecule has 1 aromatic carbocycles. The fourth-order valence-corrected chi connectivity index (χ4v) is 2.29. The molecule has 0 amide bonds. The number of benzene rings is 1. The van der Waals surface area contributed by atoms with E-state index < -0.39 is 0 Å². The lowest BCUT2D eigenvalue weighted by Crippen LogP contribution is -2.23. The van der Waals surface area contributed by atoms with Crippen molar-refractivity contribution in [3.8, 4) is 0 Å². The second kappa shape index (κ2) is 8.67. The zero-order valence-electron chi connectivity index (χ0n) is 10.9. The minimum absolute atomic E-state index is 1.12. The molecule has 0 aliphatic rings. The molecule has 0 spiro atoms. The van der Waals surface area contributed by atoms with E-state index >= 15 is 0 Å². The smallest absolute Gasteiger partial charge is 0.0207 e. The van der Waals surface area contributed by atoms with Crippen molar-refractivity contribution in [2.45, 2.75) is 19.3 Å². The molecule has 3 heteroatoms. The quantitative estimate of drug-likeness (QED) is 0.743. The van der Waals surface area contributed by atoms with E-state index in [1.807, 2.05) is 7.05 Å². The summed E-state index contributed by atoms with van der Waals surface area (Å²) in [6.07, 6.45) is 3.65. The van der Waals surface area contributed by atoms with Crippen molar-refractivity contribution in [3.05, 3.63) is 34.3 Å². The van der Waals surface area contributed by atoms with Gasteiger partial charge in [-0.15, -0.1) is 0 Å². The summed E-state index contributed by atoms with van der Waals surface area (Å²) in [7, 11) is 4.22. The van der Waals surface area contributed by atoms with E-state index in [9.17, 15) is 0 Å². The topological polar surface area (TPSA) is 15.3 Å². The molecule has 0 heterocycles. The Morgan fingerprint density at radius 2 is 1.94 bits per heavy atom. The normalized spacial score (nSPS) is 11.1. The molecule has 0 aliphatic heterocycles. The predicted molar refractivity (Wildman–Crippen MR) is 78.5 cm³/mol. The van der Waals surface area contributed by atoms with Crippen LogP contribution in [-0.2, 0) is 6.42 Å². The van der Waals surface area contributed by atoms with Crippen LogP contribution in [0.15, 0.2) is 28.7 Å². The van der Waals surface area contributed by atoms with Crippen LogP contribution in [0.2, 0.25) is 0 Å². The second-order valence-corrected chi connectivity index (χ2v) is 5.31. The molecule has 2 nitrogen and oxygen atoms in total. The molecule has 0 fully saturated rings. The molecular weight excluding hydrogens is 276 g/mol. The molecular formula is C14H23BrN2. The summed E-state index contributed by atoms with van der Waals surface area (Å²) in [4.78, 5) is 2.41. The molecule has 0 radical (unpaired) electrons. The average molecular weight is 299 g/mol. The van der Waals surface area contributed by atoms with Crippen molar-refractivity contribution < 1.29 is 0 Å². The Hall–Kier alpha value is -0.380. The maximum Gasteiger partial charge on any atom is 0.0207 e. The zero-order valence-corrected chi connectivity index (χ0v) is 12.5. The van der Waals surface area contributed by atoms with E-state index in [2.05, 4.69) is 57.5 Å². The van der Waals surface area contributed by atoms with Gasteiger partial charge in [0.15, 0.2) is 0 Å². The third kappa shape index (κ3) is 6.20. The molecule has 17 heavy (non-hydrogen) atoms. The number of nitrogens with zero attached hydrogens (tertiary/aromatic N) is 1. The van der Waals surface area contributed by atoms with E-state index in [4.69, 9.17) is 0 Å². The van der Waals surface area contributed by atoms with Crippen molar-refractivity contribution >= 4 is 15.9 Å². The first-order valence-electron chi connectivity index (χ1n) is 6.30. The van der Waals surface area contributed by atoms with Crippen LogP contribution in [-0.4, -0.2) is 38.6 Å². The molecule has 96 valence electrons. The van der Waals surface area contributed by atoms with Crippen molar-refractivity contribution in [2.24, 2.45) is 0 Å². The van der Waals surface area contributed by atoms with E-state index in [1.165, 1.54) is 29.4 Å².